The van der Waals surface area contributed by atoms with E-state index >= 15 is 0 Å². The van der Waals surface area contributed by atoms with Gasteiger partial charge in [-0.25, -0.2) is 0 Å². The molecule has 2 atom stereocenters. The molecule has 0 bridgehead atoms. The Morgan fingerprint density at radius 2 is 2.09 bits per heavy atom. The number of carbonyl (C=O) groups excluding carboxylic acids is 1. The smallest absolute Gasteiger partial charge is 0.308 e. The van der Waals surface area contributed by atoms with Gasteiger partial charge in [-0.05, 0) is 42.0 Å². The molecule has 0 unspecified atom stereocenters. The number of carboxylic acid groups (broad SMARTS) is 1. The van der Waals surface area contributed by atoms with Gasteiger partial charge in [-0.2, -0.15) is 0 Å². The summed E-state index contributed by atoms with van der Waals surface area (Å²) >= 11 is 1.45. The first-order valence-electron chi connectivity index (χ1n) is 7.51. The molecule has 1 aromatic heterocycles. The lowest BCUT2D eigenvalue weighted by atomic mass is 9.99. The Balaban J connectivity index is 1.93. The van der Waals surface area contributed by atoms with Crippen LogP contribution in [-0.2, 0) is 4.79 Å². The Kier molecular flexibility index (Phi) is 4.02. The Bertz CT molecular complexity index is 782. The molecule has 0 saturated carbocycles. The lowest BCUT2D eigenvalue weighted by Crippen LogP contribution is -2.29. The van der Waals surface area contributed by atoms with Crippen LogP contribution < -0.4 is 4.74 Å². The number of ether oxygens (including phenoxy) is 1. The molecule has 2 aromatic rings. The number of hydrogen-bond donors (Lipinski definition) is 1. The summed E-state index contributed by atoms with van der Waals surface area (Å²) in [4.78, 5) is 26.4. The third kappa shape index (κ3) is 2.67. The summed E-state index contributed by atoms with van der Waals surface area (Å²) in [6.45, 7) is 4.59. The lowest BCUT2D eigenvalue weighted by molar-refractivity contribution is -0.142. The predicted octanol–water partition coefficient (Wildman–Crippen LogP) is 3.01. The van der Waals surface area contributed by atoms with Crippen LogP contribution in [0.25, 0.3) is 10.1 Å². The van der Waals surface area contributed by atoms with Gasteiger partial charge in [0.25, 0.3) is 5.91 Å². The fraction of sp³-hybridized carbons (Fsp3) is 0.412. The second-order valence-electron chi connectivity index (χ2n) is 6.05. The van der Waals surface area contributed by atoms with E-state index in [1.54, 1.807) is 12.0 Å². The first-order valence-corrected chi connectivity index (χ1v) is 8.33. The summed E-state index contributed by atoms with van der Waals surface area (Å²) < 4.78 is 6.28. The quantitative estimate of drug-likeness (QED) is 0.937. The van der Waals surface area contributed by atoms with Gasteiger partial charge in [0.15, 0.2) is 0 Å². The largest absolute Gasteiger partial charge is 0.497 e. The predicted molar refractivity (Wildman–Crippen MR) is 89.3 cm³/mol. The van der Waals surface area contributed by atoms with E-state index in [0.717, 1.165) is 21.4 Å². The van der Waals surface area contributed by atoms with E-state index < -0.39 is 11.9 Å². The molecule has 3 rings (SSSR count). The molecule has 6 heteroatoms. The standard InChI is InChI=1S/C17H19NO4S/c1-9-7-18(8-13(9)17(20)21)16(19)15-10(2)12-6-11(22-3)4-5-14(12)23-15/h4-6,9,13H,7-8H2,1-3H3,(H,20,21)/t9-,13-/m1/s1. The first kappa shape index (κ1) is 15.8. The van der Waals surface area contributed by atoms with Crippen molar-refractivity contribution in [1.82, 2.24) is 4.90 Å². The fourth-order valence-corrected chi connectivity index (χ4v) is 4.29. The molecule has 1 aliphatic rings. The van der Waals surface area contributed by atoms with Crippen molar-refractivity contribution in [3.05, 3.63) is 28.6 Å². The Morgan fingerprint density at radius 3 is 2.70 bits per heavy atom. The van der Waals surface area contributed by atoms with Gasteiger partial charge in [0, 0.05) is 17.8 Å². The van der Waals surface area contributed by atoms with Gasteiger partial charge in [-0.15, -0.1) is 11.3 Å². The minimum absolute atomic E-state index is 0.0220. The number of amides is 1. The van der Waals surface area contributed by atoms with Crippen LogP contribution in [0.1, 0.15) is 22.2 Å². The Labute approximate surface area is 138 Å². The van der Waals surface area contributed by atoms with Crippen LogP contribution in [0.2, 0.25) is 0 Å². The van der Waals surface area contributed by atoms with Gasteiger partial charge in [0.2, 0.25) is 0 Å². The number of carboxylic acids is 1. The maximum atomic E-state index is 12.8. The summed E-state index contributed by atoms with van der Waals surface area (Å²) in [5.74, 6) is -0.637. The number of benzene rings is 1. The molecule has 1 saturated heterocycles. The van der Waals surface area contributed by atoms with E-state index in [9.17, 15) is 14.7 Å². The van der Waals surface area contributed by atoms with Gasteiger partial charge >= 0.3 is 5.97 Å². The third-order valence-electron chi connectivity index (χ3n) is 4.55. The molecule has 1 amide bonds. The fourth-order valence-electron chi connectivity index (χ4n) is 3.13. The average molecular weight is 333 g/mol. The van der Waals surface area contributed by atoms with Gasteiger partial charge in [-0.3, -0.25) is 9.59 Å². The van der Waals surface area contributed by atoms with Crippen molar-refractivity contribution >= 4 is 33.3 Å². The van der Waals surface area contributed by atoms with Gasteiger partial charge < -0.3 is 14.7 Å². The minimum atomic E-state index is -0.828. The zero-order valence-corrected chi connectivity index (χ0v) is 14.1. The lowest BCUT2D eigenvalue weighted by Gasteiger charge is -2.15. The van der Waals surface area contributed by atoms with Crippen LogP contribution in [0.15, 0.2) is 18.2 Å². The monoisotopic (exact) mass is 333 g/mol. The van der Waals surface area contributed by atoms with Crippen molar-refractivity contribution in [2.45, 2.75) is 13.8 Å². The normalized spacial score (nSPS) is 20.9. The van der Waals surface area contributed by atoms with Crippen molar-refractivity contribution in [2.24, 2.45) is 11.8 Å². The van der Waals surface area contributed by atoms with Crippen LogP contribution in [0, 0.1) is 18.8 Å². The number of thiophene rings is 1. The van der Waals surface area contributed by atoms with Gasteiger partial charge in [0.1, 0.15) is 5.75 Å². The van der Waals surface area contributed by atoms with Crippen molar-refractivity contribution in [3.8, 4) is 5.75 Å². The number of carbonyl (C=O) groups is 2. The average Bonchev–Trinajstić information content (AvgIpc) is 3.07. The van der Waals surface area contributed by atoms with E-state index in [4.69, 9.17) is 4.74 Å². The van der Waals surface area contributed by atoms with Crippen LogP contribution in [0.5, 0.6) is 5.75 Å². The molecule has 1 N–H and O–H groups in total. The maximum absolute atomic E-state index is 12.8. The van der Waals surface area contributed by atoms with Crippen LogP contribution in [0.4, 0.5) is 0 Å². The molecular weight excluding hydrogens is 314 g/mol. The minimum Gasteiger partial charge on any atom is -0.497 e. The summed E-state index contributed by atoms with van der Waals surface area (Å²) in [5.41, 5.74) is 0.931. The van der Waals surface area contributed by atoms with Crippen molar-refractivity contribution in [3.63, 3.8) is 0 Å². The van der Waals surface area contributed by atoms with E-state index in [0.29, 0.717) is 11.4 Å². The summed E-state index contributed by atoms with van der Waals surface area (Å²) in [7, 11) is 1.62. The Morgan fingerprint density at radius 1 is 1.35 bits per heavy atom. The van der Waals surface area contributed by atoms with E-state index in [-0.39, 0.29) is 18.4 Å². The van der Waals surface area contributed by atoms with Crippen molar-refractivity contribution in [1.29, 1.82) is 0 Å². The second-order valence-corrected chi connectivity index (χ2v) is 7.10. The summed E-state index contributed by atoms with van der Waals surface area (Å²) in [6.07, 6.45) is 0. The third-order valence-corrected chi connectivity index (χ3v) is 5.82. The number of fused-ring (bicyclic) bond motifs is 1. The first-order chi connectivity index (χ1) is 10.9. The van der Waals surface area contributed by atoms with E-state index in [2.05, 4.69) is 0 Å². The number of aliphatic carboxylic acids is 1. The number of nitrogens with zero attached hydrogens (tertiary/aromatic N) is 1. The zero-order valence-electron chi connectivity index (χ0n) is 13.3. The number of hydrogen-bond acceptors (Lipinski definition) is 4. The highest BCUT2D eigenvalue weighted by Gasteiger charge is 2.38. The van der Waals surface area contributed by atoms with E-state index in [1.165, 1.54) is 11.3 Å². The van der Waals surface area contributed by atoms with Crippen molar-refractivity contribution < 1.29 is 19.4 Å². The summed E-state index contributed by atoms with van der Waals surface area (Å²) in [5, 5.41) is 10.2. The molecule has 1 aliphatic heterocycles. The molecule has 122 valence electrons. The van der Waals surface area contributed by atoms with Crippen LogP contribution >= 0.6 is 11.3 Å². The molecule has 2 heterocycles. The number of rotatable bonds is 3. The maximum Gasteiger partial charge on any atom is 0.308 e. The molecular formula is C17H19NO4S. The van der Waals surface area contributed by atoms with E-state index in [1.807, 2.05) is 32.0 Å². The summed E-state index contributed by atoms with van der Waals surface area (Å²) in [6, 6.07) is 5.77. The molecule has 0 aliphatic carbocycles. The molecule has 1 aromatic carbocycles. The van der Waals surface area contributed by atoms with Gasteiger partial charge in [-0.1, -0.05) is 6.92 Å². The van der Waals surface area contributed by atoms with Crippen LogP contribution in [0.3, 0.4) is 0 Å². The molecule has 1 fully saturated rings. The zero-order chi connectivity index (χ0) is 16.7. The molecule has 23 heavy (non-hydrogen) atoms. The Hall–Kier alpha value is -2.08. The second kappa shape index (κ2) is 5.85. The SMILES string of the molecule is COc1ccc2sc(C(=O)N3C[C@@H](C)[C@H](C(=O)O)C3)c(C)c2c1. The highest BCUT2D eigenvalue weighted by molar-refractivity contribution is 7.21. The topological polar surface area (TPSA) is 66.8 Å². The van der Waals surface area contributed by atoms with Crippen LogP contribution in [-0.4, -0.2) is 42.1 Å². The molecule has 0 radical (unpaired) electrons. The molecule has 5 nitrogen and oxygen atoms in total. The van der Waals surface area contributed by atoms with Crippen molar-refractivity contribution in [2.75, 3.05) is 20.2 Å². The van der Waals surface area contributed by atoms with Gasteiger partial charge in [0.05, 0.1) is 17.9 Å². The highest BCUT2D eigenvalue weighted by Crippen LogP contribution is 2.35. The molecule has 0 spiro atoms. The number of methoxy groups -OCH3 is 1. The number of aryl methyl sites for hydroxylation is 1. The number of likely N-dealkylation sites (tertiary alicyclic amines) is 1. The highest BCUT2D eigenvalue weighted by atomic mass is 32.1.